The lowest BCUT2D eigenvalue weighted by atomic mass is 9.90. The molecule has 21 heavy (non-hydrogen) atoms. The second-order valence-corrected chi connectivity index (χ2v) is 5.42. The van der Waals surface area contributed by atoms with Gasteiger partial charge < -0.3 is 5.32 Å². The SMILES string of the molecule is CNC(c1ccc2ccccc2c1)C(C)c1ccccn1. The smallest absolute Gasteiger partial charge is 0.0450 e. The molecule has 2 atom stereocenters. The van der Waals surface area contributed by atoms with Crippen molar-refractivity contribution < 1.29 is 0 Å². The Kier molecular flexibility index (Phi) is 3.98. The number of nitrogens with one attached hydrogen (secondary N) is 1. The predicted octanol–water partition coefficient (Wildman–Crippen LogP) is 4.30. The van der Waals surface area contributed by atoms with Crippen LogP contribution in [-0.2, 0) is 0 Å². The Morgan fingerprint density at radius 3 is 2.38 bits per heavy atom. The quantitative estimate of drug-likeness (QED) is 0.768. The van der Waals surface area contributed by atoms with Gasteiger partial charge in [0.15, 0.2) is 0 Å². The topological polar surface area (TPSA) is 24.9 Å². The minimum absolute atomic E-state index is 0.254. The first-order valence-electron chi connectivity index (χ1n) is 7.36. The van der Waals surface area contributed by atoms with Crippen molar-refractivity contribution in [2.24, 2.45) is 0 Å². The molecule has 0 bridgehead atoms. The molecule has 2 aromatic carbocycles. The number of hydrogen-bond donors (Lipinski definition) is 1. The lowest BCUT2D eigenvalue weighted by Crippen LogP contribution is -2.22. The number of benzene rings is 2. The number of fused-ring (bicyclic) bond motifs is 1. The molecule has 0 saturated carbocycles. The molecule has 3 aromatic rings. The number of rotatable bonds is 4. The molecule has 2 nitrogen and oxygen atoms in total. The molecule has 0 aliphatic carbocycles. The first-order valence-corrected chi connectivity index (χ1v) is 7.36. The Bertz CT molecular complexity index is 722. The molecule has 1 aromatic heterocycles. The second-order valence-electron chi connectivity index (χ2n) is 5.42. The van der Waals surface area contributed by atoms with Gasteiger partial charge in [0.05, 0.1) is 0 Å². The van der Waals surface area contributed by atoms with Crippen molar-refractivity contribution in [2.75, 3.05) is 7.05 Å². The highest BCUT2D eigenvalue weighted by Crippen LogP contribution is 2.30. The molecule has 0 aliphatic rings. The third-order valence-corrected chi connectivity index (χ3v) is 4.10. The molecule has 2 unspecified atom stereocenters. The Morgan fingerprint density at radius 1 is 0.905 bits per heavy atom. The molecule has 0 saturated heterocycles. The van der Waals surface area contributed by atoms with E-state index >= 15 is 0 Å². The van der Waals surface area contributed by atoms with Crippen molar-refractivity contribution in [3.63, 3.8) is 0 Å². The maximum Gasteiger partial charge on any atom is 0.0450 e. The summed E-state index contributed by atoms with van der Waals surface area (Å²) in [5.41, 5.74) is 2.42. The molecule has 1 N–H and O–H groups in total. The first-order chi connectivity index (χ1) is 10.3. The monoisotopic (exact) mass is 276 g/mol. The summed E-state index contributed by atoms with van der Waals surface area (Å²) in [6, 6.07) is 21.5. The molecular formula is C19H20N2. The van der Waals surface area contributed by atoms with Gasteiger partial charge in [-0.1, -0.05) is 49.4 Å². The summed E-state index contributed by atoms with van der Waals surface area (Å²) >= 11 is 0. The van der Waals surface area contributed by atoms with Crippen molar-refractivity contribution in [3.05, 3.63) is 78.1 Å². The van der Waals surface area contributed by atoms with Gasteiger partial charge in [-0.05, 0) is 41.6 Å². The standard InChI is InChI=1S/C19H20N2/c1-14(18-9-5-6-12-21-18)19(20-2)17-11-10-15-7-3-4-8-16(15)13-17/h3-14,19-20H,1-2H3. The van der Waals surface area contributed by atoms with Crippen LogP contribution in [0.25, 0.3) is 10.8 Å². The molecule has 0 fully saturated rings. The second kappa shape index (κ2) is 6.06. The van der Waals surface area contributed by atoms with E-state index in [-0.39, 0.29) is 6.04 Å². The molecule has 2 heteroatoms. The Balaban J connectivity index is 1.98. The minimum atomic E-state index is 0.254. The number of nitrogens with zero attached hydrogens (tertiary/aromatic N) is 1. The maximum absolute atomic E-state index is 4.50. The summed E-state index contributed by atoms with van der Waals surface area (Å²) in [5, 5.41) is 6.00. The van der Waals surface area contributed by atoms with Gasteiger partial charge in [-0.3, -0.25) is 4.98 Å². The van der Waals surface area contributed by atoms with Crippen LogP contribution in [-0.4, -0.2) is 12.0 Å². The van der Waals surface area contributed by atoms with Crippen LogP contribution in [0.1, 0.15) is 30.1 Å². The minimum Gasteiger partial charge on any atom is -0.312 e. The molecule has 0 aliphatic heterocycles. The zero-order chi connectivity index (χ0) is 14.7. The summed E-state index contributed by atoms with van der Waals surface area (Å²) in [5.74, 6) is 0.317. The van der Waals surface area contributed by atoms with E-state index in [0.717, 1.165) is 5.69 Å². The van der Waals surface area contributed by atoms with E-state index in [9.17, 15) is 0 Å². The van der Waals surface area contributed by atoms with Crippen LogP contribution >= 0.6 is 0 Å². The van der Waals surface area contributed by atoms with E-state index < -0.39 is 0 Å². The summed E-state index contributed by atoms with van der Waals surface area (Å²) in [7, 11) is 2.01. The third kappa shape index (κ3) is 2.81. The Morgan fingerprint density at radius 2 is 1.67 bits per heavy atom. The van der Waals surface area contributed by atoms with E-state index in [2.05, 4.69) is 65.8 Å². The van der Waals surface area contributed by atoms with Gasteiger partial charge in [0.1, 0.15) is 0 Å². The molecular weight excluding hydrogens is 256 g/mol. The van der Waals surface area contributed by atoms with Crippen LogP contribution in [0.4, 0.5) is 0 Å². The fourth-order valence-electron chi connectivity index (χ4n) is 2.92. The van der Waals surface area contributed by atoms with Gasteiger partial charge >= 0.3 is 0 Å². The van der Waals surface area contributed by atoms with Crippen molar-refractivity contribution in [3.8, 4) is 0 Å². The fraction of sp³-hybridized carbons (Fsp3) is 0.211. The lowest BCUT2D eigenvalue weighted by molar-refractivity contribution is 0.499. The van der Waals surface area contributed by atoms with Gasteiger partial charge in [0, 0.05) is 23.9 Å². The van der Waals surface area contributed by atoms with Gasteiger partial charge in [-0.2, -0.15) is 0 Å². The van der Waals surface area contributed by atoms with Crippen molar-refractivity contribution in [1.82, 2.24) is 10.3 Å². The van der Waals surface area contributed by atoms with E-state index in [4.69, 9.17) is 0 Å². The Labute approximate surface area is 125 Å². The molecule has 1 heterocycles. The van der Waals surface area contributed by atoms with Crippen LogP contribution in [0.2, 0.25) is 0 Å². The maximum atomic E-state index is 4.50. The number of hydrogen-bond acceptors (Lipinski definition) is 2. The third-order valence-electron chi connectivity index (χ3n) is 4.10. The van der Waals surface area contributed by atoms with E-state index in [1.165, 1.54) is 16.3 Å². The van der Waals surface area contributed by atoms with E-state index in [0.29, 0.717) is 5.92 Å². The number of likely N-dealkylation sites (N-methyl/N-ethyl adjacent to an activating group) is 1. The van der Waals surface area contributed by atoms with Crippen molar-refractivity contribution in [2.45, 2.75) is 18.9 Å². The van der Waals surface area contributed by atoms with Crippen LogP contribution in [0.5, 0.6) is 0 Å². The zero-order valence-corrected chi connectivity index (χ0v) is 12.5. The van der Waals surface area contributed by atoms with Crippen LogP contribution < -0.4 is 5.32 Å². The largest absolute Gasteiger partial charge is 0.312 e. The predicted molar refractivity (Wildman–Crippen MR) is 88.4 cm³/mol. The molecule has 0 spiro atoms. The zero-order valence-electron chi connectivity index (χ0n) is 12.5. The van der Waals surface area contributed by atoms with Gasteiger partial charge in [-0.25, -0.2) is 0 Å². The van der Waals surface area contributed by atoms with E-state index in [1.54, 1.807) is 0 Å². The Hall–Kier alpha value is -2.19. The average Bonchev–Trinajstić information content (AvgIpc) is 2.56. The van der Waals surface area contributed by atoms with Crippen LogP contribution in [0.15, 0.2) is 66.9 Å². The summed E-state index contributed by atoms with van der Waals surface area (Å²) in [6.07, 6.45) is 1.86. The van der Waals surface area contributed by atoms with Crippen LogP contribution in [0.3, 0.4) is 0 Å². The van der Waals surface area contributed by atoms with E-state index in [1.807, 2.05) is 25.4 Å². The summed E-state index contributed by atoms with van der Waals surface area (Å²) in [4.78, 5) is 4.50. The summed E-state index contributed by atoms with van der Waals surface area (Å²) in [6.45, 7) is 2.22. The van der Waals surface area contributed by atoms with Gasteiger partial charge in [0.2, 0.25) is 0 Å². The number of pyridine rings is 1. The number of aromatic nitrogens is 1. The highest BCUT2D eigenvalue weighted by molar-refractivity contribution is 5.83. The normalized spacial score (nSPS) is 14.0. The van der Waals surface area contributed by atoms with Crippen molar-refractivity contribution >= 4 is 10.8 Å². The highest BCUT2D eigenvalue weighted by atomic mass is 14.9. The van der Waals surface area contributed by atoms with Gasteiger partial charge in [-0.15, -0.1) is 0 Å². The van der Waals surface area contributed by atoms with Crippen LogP contribution in [0, 0.1) is 0 Å². The molecule has 106 valence electrons. The van der Waals surface area contributed by atoms with Crippen molar-refractivity contribution in [1.29, 1.82) is 0 Å². The first kappa shape index (κ1) is 13.8. The highest BCUT2D eigenvalue weighted by Gasteiger charge is 2.20. The molecule has 0 radical (unpaired) electrons. The molecule has 0 amide bonds. The lowest BCUT2D eigenvalue weighted by Gasteiger charge is -2.24. The summed E-state index contributed by atoms with van der Waals surface area (Å²) < 4.78 is 0. The van der Waals surface area contributed by atoms with Gasteiger partial charge in [0.25, 0.3) is 0 Å². The fourth-order valence-corrected chi connectivity index (χ4v) is 2.92. The molecule has 3 rings (SSSR count). The average molecular weight is 276 g/mol.